The predicted molar refractivity (Wildman–Crippen MR) is 105 cm³/mol. The Hall–Kier alpha value is -2.47. The Morgan fingerprint density at radius 1 is 1.23 bits per heavy atom. The number of amides is 1. The zero-order valence-electron chi connectivity index (χ0n) is 14.9. The van der Waals surface area contributed by atoms with Crippen LogP contribution in [-0.2, 0) is 17.6 Å². The van der Waals surface area contributed by atoms with Crippen molar-refractivity contribution in [1.82, 2.24) is 9.55 Å². The molecule has 1 aliphatic rings. The molecule has 1 aliphatic carbocycles. The number of hydrogen-bond donors (Lipinski definition) is 1. The van der Waals surface area contributed by atoms with Gasteiger partial charge in [0.2, 0.25) is 5.91 Å². The Labute approximate surface area is 155 Å². The van der Waals surface area contributed by atoms with Gasteiger partial charge >= 0.3 is 0 Å². The molecule has 0 aliphatic heterocycles. The molecule has 3 aromatic rings. The summed E-state index contributed by atoms with van der Waals surface area (Å²) in [6.07, 6.45) is 4.14. The fraction of sp³-hybridized carbons (Fsp3) is 0.350. The number of benzene rings is 1. The van der Waals surface area contributed by atoms with E-state index in [1.54, 1.807) is 18.3 Å². The standard InChI is InChI=1S/C20H21N3O2S/c1-11-7-9-13(10-8-11)18-22-19-16(14-5-3-4-6-15(14)26-19)20(25)23(18)12(2)17(21)24/h7-10,12H,3-6H2,1-2H3,(H2,21,24). The minimum absolute atomic E-state index is 0.156. The molecule has 5 nitrogen and oxygen atoms in total. The van der Waals surface area contributed by atoms with Gasteiger partial charge in [-0.05, 0) is 45.1 Å². The summed E-state index contributed by atoms with van der Waals surface area (Å²) in [5.41, 5.74) is 8.44. The van der Waals surface area contributed by atoms with E-state index in [9.17, 15) is 9.59 Å². The van der Waals surface area contributed by atoms with Gasteiger partial charge in [-0.1, -0.05) is 29.8 Å². The van der Waals surface area contributed by atoms with Crippen molar-refractivity contribution in [3.63, 3.8) is 0 Å². The molecule has 2 N–H and O–H groups in total. The molecule has 2 aromatic heterocycles. The molecule has 1 aromatic carbocycles. The number of nitrogens with zero attached hydrogens (tertiary/aromatic N) is 2. The monoisotopic (exact) mass is 367 g/mol. The lowest BCUT2D eigenvalue weighted by molar-refractivity contribution is -0.120. The number of aromatic nitrogens is 2. The topological polar surface area (TPSA) is 78.0 Å². The number of primary amides is 1. The fourth-order valence-corrected chi connectivity index (χ4v) is 4.86. The normalized spacial score (nSPS) is 15.0. The zero-order valence-corrected chi connectivity index (χ0v) is 15.7. The Kier molecular flexibility index (Phi) is 4.15. The van der Waals surface area contributed by atoms with E-state index < -0.39 is 11.9 Å². The first-order valence-electron chi connectivity index (χ1n) is 8.90. The van der Waals surface area contributed by atoms with Gasteiger partial charge in [0.05, 0.1) is 5.39 Å². The highest BCUT2D eigenvalue weighted by molar-refractivity contribution is 7.18. The first-order chi connectivity index (χ1) is 12.5. The number of thiophene rings is 1. The molecule has 1 amide bonds. The van der Waals surface area contributed by atoms with E-state index in [4.69, 9.17) is 10.7 Å². The van der Waals surface area contributed by atoms with Crippen molar-refractivity contribution in [2.45, 2.75) is 45.6 Å². The van der Waals surface area contributed by atoms with Gasteiger partial charge in [-0.3, -0.25) is 14.2 Å². The van der Waals surface area contributed by atoms with Crippen LogP contribution in [0, 0.1) is 6.92 Å². The van der Waals surface area contributed by atoms with E-state index in [0.29, 0.717) is 11.2 Å². The minimum atomic E-state index is -0.755. The maximum Gasteiger partial charge on any atom is 0.263 e. The van der Waals surface area contributed by atoms with Crippen molar-refractivity contribution < 1.29 is 4.79 Å². The molecule has 6 heteroatoms. The van der Waals surface area contributed by atoms with E-state index in [0.717, 1.165) is 47.2 Å². The minimum Gasteiger partial charge on any atom is -0.368 e. The average molecular weight is 367 g/mol. The predicted octanol–water partition coefficient (Wildman–Crippen LogP) is 3.36. The Morgan fingerprint density at radius 3 is 2.62 bits per heavy atom. The van der Waals surface area contributed by atoms with Crippen molar-refractivity contribution >= 4 is 27.5 Å². The maximum atomic E-state index is 13.4. The first kappa shape index (κ1) is 17.0. The van der Waals surface area contributed by atoms with Crippen LogP contribution in [0.3, 0.4) is 0 Å². The largest absolute Gasteiger partial charge is 0.368 e. The number of rotatable bonds is 3. The second-order valence-electron chi connectivity index (χ2n) is 6.95. The van der Waals surface area contributed by atoms with Crippen LogP contribution >= 0.6 is 11.3 Å². The van der Waals surface area contributed by atoms with Crippen molar-refractivity contribution in [3.8, 4) is 11.4 Å². The Morgan fingerprint density at radius 2 is 1.92 bits per heavy atom. The summed E-state index contributed by atoms with van der Waals surface area (Å²) in [6, 6.07) is 7.06. The molecule has 1 atom stereocenters. The number of fused-ring (bicyclic) bond motifs is 3. The number of carbonyl (C=O) groups is 1. The summed E-state index contributed by atoms with van der Waals surface area (Å²) < 4.78 is 1.47. The molecule has 0 saturated carbocycles. The third-order valence-electron chi connectivity index (χ3n) is 5.13. The van der Waals surface area contributed by atoms with Crippen LogP contribution in [0.2, 0.25) is 0 Å². The highest BCUT2D eigenvalue weighted by atomic mass is 32.1. The molecule has 134 valence electrons. The summed E-state index contributed by atoms with van der Waals surface area (Å²) in [5, 5.41) is 0.675. The van der Waals surface area contributed by atoms with E-state index in [-0.39, 0.29) is 5.56 Å². The molecule has 0 saturated heterocycles. The van der Waals surface area contributed by atoms with Crippen molar-refractivity contribution in [2.75, 3.05) is 0 Å². The van der Waals surface area contributed by atoms with Gasteiger partial charge in [-0.25, -0.2) is 4.98 Å². The van der Waals surface area contributed by atoms with Crippen molar-refractivity contribution in [3.05, 3.63) is 50.6 Å². The van der Waals surface area contributed by atoms with Crippen molar-refractivity contribution in [2.24, 2.45) is 5.73 Å². The number of nitrogens with two attached hydrogens (primary N) is 1. The number of carbonyl (C=O) groups excluding carboxylic acids is 1. The van der Waals surface area contributed by atoms with Gasteiger partial charge in [-0.2, -0.15) is 0 Å². The maximum absolute atomic E-state index is 13.4. The molecular weight excluding hydrogens is 346 g/mol. The molecule has 0 radical (unpaired) electrons. The lowest BCUT2D eigenvalue weighted by Gasteiger charge is -2.17. The lowest BCUT2D eigenvalue weighted by Crippen LogP contribution is -2.34. The summed E-state index contributed by atoms with van der Waals surface area (Å²) in [5.74, 6) is -0.0295. The van der Waals surface area contributed by atoms with Crippen LogP contribution in [0.1, 0.15) is 41.8 Å². The van der Waals surface area contributed by atoms with E-state index in [2.05, 4.69) is 0 Å². The molecule has 0 fully saturated rings. The third kappa shape index (κ3) is 2.65. The molecule has 0 spiro atoms. The highest BCUT2D eigenvalue weighted by Gasteiger charge is 2.25. The Bertz CT molecular complexity index is 1060. The molecule has 0 bridgehead atoms. The van der Waals surface area contributed by atoms with Crippen LogP contribution in [-0.4, -0.2) is 15.5 Å². The van der Waals surface area contributed by atoms with Crippen LogP contribution in [0.4, 0.5) is 0 Å². The van der Waals surface area contributed by atoms with Crippen molar-refractivity contribution in [1.29, 1.82) is 0 Å². The molecule has 2 heterocycles. The van der Waals surface area contributed by atoms with Gasteiger partial charge in [0, 0.05) is 10.4 Å². The van der Waals surface area contributed by atoms with Gasteiger partial charge in [-0.15, -0.1) is 11.3 Å². The molecule has 26 heavy (non-hydrogen) atoms. The van der Waals surface area contributed by atoms with Crippen LogP contribution < -0.4 is 11.3 Å². The SMILES string of the molecule is Cc1ccc(-c2nc3sc4c(c3c(=O)n2C(C)C(N)=O)CCCC4)cc1. The number of hydrogen-bond acceptors (Lipinski definition) is 4. The van der Waals surface area contributed by atoms with Gasteiger partial charge in [0.1, 0.15) is 16.7 Å². The fourth-order valence-electron chi connectivity index (χ4n) is 3.61. The van der Waals surface area contributed by atoms with E-state index in [1.165, 1.54) is 9.44 Å². The third-order valence-corrected chi connectivity index (χ3v) is 6.32. The second kappa shape index (κ2) is 6.36. The van der Waals surface area contributed by atoms with Crippen LogP contribution in [0.25, 0.3) is 21.6 Å². The quantitative estimate of drug-likeness (QED) is 0.771. The summed E-state index contributed by atoms with van der Waals surface area (Å²) in [4.78, 5) is 32.1. The van der Waals surface area contributed by atoms with Gasteiger partial charge in [0.15, 0.2) is 0 Å². The summed E-state index contributed by atoms with van der Waals surface area (Å²) >= 11 is 1.61. The summed E-state index contributed by atoms with van der Waals surface area (Å²) in [7, 11) is 0. The molecule has 4 rings (SSSR count). The van der Waals surface area contributed by atoms with Crippen LogP contribution in [0.5, 0.6) is 0 Å². The Balaban J connectivity index is 2.06. The molecular formula is C20H21N3O2S. The van der Waals surface area contributed by atoms with Gasteiger partial charge < -0.3 is 5.73 Å². The number of aryl methyl sites for hydroxylation is 3. The zero-order chi connectivity index (χ0) is 18.4. The highest BCUT2D eigenvalue weighted by Crippen LogP contribution is 2.35. The van der Waals surface area contributed by atoms with E-state index >= 15 is 0 Å². The first-order valence-corrected chi connectivity index (χ1v) is 9.72. The summed E-state index contributed by atoms with van der Waals surface area (Å²) in [6.45, 7) is 3.67. The van der Waals surface area contributed by atoms with Gasteiger partial charge in [0.25, 0.3) is 5.56 Å². The second-order valence-corrected chi connectivity index (χ2v) is 8.03. The smallest absolute Gasteiger partial charge is 0.263 e. The average Bonchev–Trinajstić information content (AvgIpc) is 3.00. The lowest BCUT2D eigenvalue weighted by atomic mass is 9.97. The van der Waals surface area contributed by atoms with E-state index in [1.807, 2.05) is 31.2 Å². The van der Waals surface area contributed by atoms with Crippen LogP contribution in [0.15, 0.2) is 29.1 Å². The molecule has 1 unspecified atom stereocenters.